The summed E-state index contributed by atoms with van der Waals surface area (Å²) in [5.41, 5.74) is 0.534. The number of carbonyl (C=O) groups excluding carboxylic acids is 1. The average molecular weight is 187 g/mol. The quantitative estimate of drug-likeness (QED) is 0.677. The third-order valence-corrected chi connectivity index (χ3v) is 1.36. The van der Waals surface area contributed by atoms with Crippen LogP contribution >= 0.6 is 0 Å². The highest BCUT2D eigenvalue weighted by atomic mass is 19.3. The lowest BCUT2D eigenvalue weighted by Gasteiger charge is -2.05. The second-order valence-electron chi connectivity index (χ2n) is 2.34. The number of aryl methyl sites for hydroxylation is 1. The van der Waals surface area contributed by atoms with Gasteiger partial charge in [0.2, 0.25) is 5.88 Å². The Bertz CT molecular complexity index is 315. The van der Waals surface area contributed by atoms with Crippen molar-refractivity contribution in [1.29, 1.82) is 0 Å². The number of carbonyl (C=O) groups is 1. The van der Waals surface area contributed by atoms with Gasteiger partial charge in [0.1, 0.15) is 0 Å². The van der Waals surface area contributed by atoms with Gasteiger partial charge in [0.15, 0.2) is 6.29 Å². The van der Waals surface area contributed by atoms with E-state index in [1.165, 1.54) is 6.07 Å². The first-order valence-electron chi connectivity index (χ1n) is 3.51. The van der Waals surface area contributed by atoms with Crippen LogP contribution in [0.4, 0.5) is 8.78 Å². The molecule has 70 valence electrons. The molecule has 0 aliphatic heterocycles. The molecule has 0 bridgehead atoms. The zero-order chi connectivity index (χ0) is 9.84. The second kappa shape index (κ2) is 3.93. The molecule has 0 unspecified atom stereocenters. The van der Waals surface area contributed by atoms with E-state index >= 15 is 0 Å². The van der Waals surface area contributed by atoms with Crippen LogP contribution in [-0.2, 0) is 0 Å². The summed E-state index contributed by atoms with van der Waals surface area (Å²) in [5.74, 6) is -0.329. The van der Waals surface area contributed by atoms with Crippen LogP contribution < -0.4 is 4.74 Å². The number of ether oxygens (including phenoxy) is 1. The van der Waals surface area contributed by atoms with Gasteiger partial charge in [-0.1, -0.05) is 0 Å². The van der Waals surface area contributed by atoms with E-state index < -0.39 is 6.61 Å². The lowest BCUT2D eigenvalue weighted by atomic mass is 10.2. The Labute approximate surface area is 73.4 Å². The van der Waals surface area contributed by atoms with E-state index in [-0.39, 0.29) is 11.4 Å². The predicted molar refractivity (Wildman–Crippen MR) is 41.0 cm³/mol. The van der Waals surface area contributed by atoms with Gasteiger partial charge in [0.05, 0.1) is 5.56 Å². The molecule has 0 aliphatic rings. The molecular formula is C8H7F2NO2. The maximum atomic E-state index is 11.8. The molecule has 1 aromatic rings. The summed E-state index contributed by atoms with van der Waals surface area (Å²) in [6.45, 7) is -1.35. The van der Waals surface area contributed by atoms with Crippen LogP contribution in [0.2, 0.25) is 0 Å². The van der Waals surface area contributed by atoms with Gasteiger partial charge in [-0.15, -0.1) is 0 Å². The summed E-state index contributed by atoms with van der Waals surface area (Å²) in [6, 6.07) is 2.93. The summed E-state index contributed by atoms with van der Waals surface area (Å²) in [4.78, 5) is 14.0. The Morgan fingerprint density at radius 3 is 2.77 bits per heavy atom. The van der Waals surface area contributed by atoms with Gasteiger partial charge in [-0.25, -0.2) is 4.98 Å². The number of hydrogen-bond donors (Lipinski definition) is 0. The van der Waals surface area contributed by atoms with Crippen molar-refractivity contribution in [3.63, 3.8) is 0 Å². The standard InChI is InChI=1S/C8H7F2NO2/c1-5-2-3-6(4-12)7(11-5)13-8(9)10/h2-4,8H,1H3. The van der Waals surface area contributed by atoms with Crippen LogP contribution in [-0.4, -0.2) is 17.9 Å². The van der Waals surface area contributed by atoms with Crippen LogP contribution in [0.15, 0.2) is 12.1 Å². The van der Waals surface area contributed by atoms with Crippen molar-refractivity contribution in [3.05, 3.63) is 23.4 Å². The lowest BCUT2D eigenvalue weighted by molar-refractivity contribution is -0.0531. The van der Waals surface area contributed by atoms with Crippen LogP contribution in [0.5, 0.6) is 5.88 Å². The maximum Gasteiger partial charge on any atom is 0.388 e. The fourth-order valence-electron chi connectivity index (χ4n) is 0.812. The molecule has 0 radical (unpaired) electrons. The van der Waals surface area contributed by atoms with Gasteiger partial charge in [0, 0.05) is 5.69 Å². The van der Waals surface area contributed by atoms with Gasteiger partial charge in [-0.2, -0.15) is 8.78 Å². The highest BCUT2D eigenvalue weighted by Gasteiger charge is 2.10. The normalized spacial score (nSPS) is 10.2. The van der Waals surface area contributed by atoms with Crippen LogP contribution in [0, 0.1) is 6.92 Å². The summed E-state index contributed by atoms with van der Waals surface area (Å²) >= 11 is 0. The zero-order valence-electron chi connectivity index (χ0n) is 6.83. The minimum atomic E-state index is -2.96. The van der Waals surface area contributed by atoms with E-state index in [4.69, 9.17) is 0 Å². The molecule has 5 heteroatoms. The van der Waals surface area contributed by atoms with E-state index in [0.29, 0.717) is 12.0 Å². The first-order chi connectivity index (χ1) is 6.13. The molecule has 0 saturated heterocycles. The molecule has 13 heavy (non-hydrogen) atoms. The molecule has 0 spiro atoms. The highest BCUT2D eigenvalue weighted by molar-refractivity contribution is 5.78. The van der Waals surface area contributed by atoms with Crippen LogP contribution in [0.25, 0.3) is 0 Å². The average Bonchev–Trinajstić information content (AvgIpc) is 2.03. The van der Waals surface area contributed by atoms with Gasteiger partial charge in [0.25, 0.3) is 0 Å². The molecular weight excluding hydrogens is 180 g/mol. The van der Waals surface area contributed by atoms with E-state index in [2.05, 4.69) is 9.72 Å². The molecule has 1 aromatic heterocycles. The van der Waals surface area contributed by atoms with E-state index in [1.807, 2.05) is 0 Å². The predicted octanol–water partition coefficient (Wildman–Crippen LogP) is 1.80. The molecule has 0 aromatic carbocycles. The molecule has 0 saturated carbocycles. The van der Waals surface area contributed by atoms with E-state index in [0.717, 1.165) is 0 Å². The molecule has 0 fully saturated rings. The molecule has 0 amide bonds. The number of hydrogen-bond acceptors (Lipinski definition) is 3. The Morgan fingerprint density at radius 2 is 2.23 bits per heavy atom. The van der Waals surface area contributed by atoms with Crippen LogP contribution in [0.3, 0.4) is 0 Å². The first kappa shape index (κ1) is 9.57. The number of rotatable bonds is 3. The molecule has 3 nitrogen and oxygen atoms in total. The van der Waals surface area contributed by atoms with E-state index in [1.54, 1.807) is 13.0 Å². The van der Waals surface area contributed by atoms with Crippen molar-refractivity contribution in [2.75, 3.05) is 0 Å². The van der Waals surface area contributed by atoms with Crippen LogP contribution in [0.1, 0.15) is 16.1 Å². The summed E-state index contributed by atoms with van der Waals surface area (Å²) in [5, 5.41) is 0. The summed E-state index contributed by atoms with van der Waals surface area (Å²) in [6.07, 6.45) is 0.421. The lowest BCUT2D eigenvalue weighted by Crippen LogP contribution is -2.06. The summed E-state index contributed by atoms with van der Waals surface area (Å²) < 4.78 is 27.6. The van der Waals surface area contributed by atoms with Crippen molar-refractivity contribution in [1.82, 2.24) is 4.98 Å². The Morgan fingerprint density at radius 1 is 1.54 bits per heavy atom. The number of aldehydes is 1. The van der Waals surface area contributed by atoms with Crippen molar-refractivity contribution < 1.29 is 18.3 Å². The number of halogens is 2. The second-order valence-corrected chi connectivity index (χ2v) is 2.34. The topological polar surface area (TPSA) is 39.2 Å². The Balaban J connectivity index is 3.01. The molecule has 0 atom stereocenters. The van der Waals surface area contributed by atoms with Crippen molar-refractivity contribution in [2.24, 2.45) is 0 Å². The van der Waals surface area contributed by atoms with Gasteiger partial charge >= 0.3 is 6.61 Å². The SMILES string of the molecule is Cc1ccc(C=O)c(OC(F)F)n1. The number of pyridine rings is 1. The van der Waals surface area contributed by atoms with Crippen molar-refractivity contribution in [2.45, 2.75) is 13.5 Å². The largest absolute Gasteiger partial charge is 0.416 e. The first-order valence-corrected chi connectivity index (χ1v) is 3.51. The highest BCUT2D eigenvalue weighted by Crippen LogP contribution is 2.16. The molecule has 0 N–H and O–H groups in total. The number of nitrogens with zero attached hydrogens (tertiary/aromatic N) is 1. The fourth-order valence-corrected chi connectivity index (χ4v) is 0.812. The Kier molecular flexibility index (Phi) is 2.89. The van der Waals surface area contributed by atoms with Gasteiger partial charge < -0.3 is 4.74 Å². The van der Waals surface area contributed by atoms with Gasteiger partial charge in [-0.3, -0.25) is 4.79 Å². The fraction of sp³-hybridized carbons (Fsp3) is 0.250. The number of alkyl halides is 2. The van der Waals surface area contributed by atoms with Gasteiger partial charge in [-0.05, 0) is 19.1 Å². The number of aromatic nitrogens is 1. The van der Waals surface area contributed by atoms with Crippen molar-refractivity contribution >= 4 is 6.29 Å². The molecule has 1 heterocycles. The molecule has 0 aliphatic carbocycles. The van der Waals surface area contributed by atoms with E-state index in [9.17, 15) is 13.6 Å². The third kappa shape index (κ3) is 2.47. The minimum Gasteiger partial charge on any atom is -0.416 e. The minimum absolute atomic E-state index is 0.0194. The van der Waals surface area contributed by atoms with Crippen molar-refractivity contribution in [3.8, 4) is 5.88 Å². The smallest absolute Gasteiger partial charge is 0.388 e. The monoisotopic (exact) mass is 187 g/mol. The zero-order valence-corrected chi connectivity index (χ0v) is 6.83. The molecule has 1 rings (SSSR count). The Hall–Kier alpha value is -1.52. The summed E-state index contributed by atoms with van der Waals surface area (Å²) in [7, 11) is 0. The maximum absolute atomic E-state index is 11.8. The third-order valence-electron chi connectivity index (χ3n) is 1.36.